The van der Waals surface area contributed by atoms with Crippen LogP contribution in [0.15, 0.2) is 24.3 Å². The molecule has 1 amide bonds. The highest BCUT2D eigenvalue weighted by molar-refractivity contribution is 5.80. The van der Waals surface area contributed by atoms with Gasteiger partial charge in [-0.2, -0.15) is 0 Å². The first-order valence-corrected chi connectivity index (χ1v) is 9.49. The first-order chi connectivity index (χ1) is 11.7. The maximum absolute atomic E-state index is 12.9. The van der Waals surface area contributed by atoms with Gasteiger partial charge in [0.05, 0.1) is 6.04 Å². The number of fused-ring (bicyclic) bond motifs is 1. The van der Waals surface area contributed by atoms with Gasteiger partial charge in [0, 0.05) is 17.9 Å². The average Bonchev–Trinajstić information content (AvgIpc) is 3.24. The van der Waals surface area contributed by atoms with Crippen molar-refractivity contribution >= 4 is 5.91 Å². The molecule has 0 saturated heterocycles. The van der Waals surface area contributed by atoms with Crippen LogP contribution in [0.4, 0.5) is 0 Å². The Labute approximate surface area is 144 Å². The van der Waals surface area contributed by atoms with Gasteiger partial charge in [-0.05, 0) is 57.1 Å². The number of hydrogen-bond acceptors (Lipinski definition) is 3. The fourth-order valence-corrected chi connectivity index (χ4v) is 5.02. The van der Waals surface area contributed by atoms with Gasteiger partial charge < -0.3 is 15.8 Å². The molecule has 1 heterocycles. The second-order valence-corrected chi connectivity index (χ2v) is 7.83. The van der Waals surface area contributed by atoms with Gasteiger partial charge in [-0.3, -0.25) is 4.79 Å². The number of para-hydroxylation sites is 1. The summed E-state index contributed by atoms with van der Waals surface area (Å²) in [5.74, 6) is 1.58. The lowest BCUT2D eigenvalue weighted by Gasteiger charge is -2.40. The fourth-order valence-electron chi connectivity index (χ4n) is 5.02. The molecule has 3 atom stereocenters. The van der Waals surface area contributed by atoms with Crippen molar-refractivity contribution in [3.8, 4) is 5.75 Å². The molecule has 3 N–H and O–H groups in total. The highest BCUT2D eigenvalue weighted by Crippen LogP contribution is 2.47. The minimum atomic E-state index is -0.0742. The highest BCUT2D eigenvalue weighted by atomic mass is 16.5. The van der Waals surface area contributed by atoms with E-state index < -0.39 is 0 Å². The van der Waals surface area contributed by atoms with Crippen LogP contribution in [-0.4, -0.2) is 18.1 Å². The number of ether oxygens (including phenoxy) is 1. The lowest BCUT2D eigenvalue weighted by Crippen LogP contribution is -2.45. The minimum Gasteiger partial charge on any atom is -0.487 e. The van der Waals surface area contributed by atoms with Gasteiger partial charge in [-0.15, -0.1) is 0 Å². The van der Waals surface area contributed by atoms with Crippen LogP contribution in [0.1, 0.15) is 63.0 Å². The van der Waals surface area contributed by atoms with Crippen molar-refractivity contribution in [2.45, 2.75) is 63.0 Å². The standard InChI is InChI=1S/C20H28N2O2/c21-13-14-6-5-8-15(14)19(23)22-17-12-20(10-3-4-11-20)24-18-9-2-1-7-16(17)18/h1-2,7,9,14-15,17H,3-6,8,10-13,21H2,(H,22,23)/t14-,15-,17?/m1/s1. The molecule has 1 unspecified atom stereocenters. The van der Waals surface area contributed by atoms with E-state index in [-0.39, 0.29) is 23.5 Å². The van der Waals surface area contributed by atoms with E-state index in [0.717, 1.165) is 49.8 Å². The van der Waals surface area contributed by atoms with Crippen LogP contribution in [0, 0.1) is 11.8 Å². The molecule has 130 valence electrons. The van der Waals surface area contributed by atoms with Gasteiger partial charge in [0.2, 0.25) is 5.91 Å². The van der Waals surface area contributed by atoms with E-state index in [1.807, 2.05) is 18.2 Å². The summed E-state index contributed by atoms with van der Waals surface area (Å²) in [4.78, 5) is 12.9. The third-order valence-corrected chi connectivity index (χ3v) is 6.33. The van der Waals surface area contributed by atoms with Gasteiger partial charge in [-0.25, -0.2) is 0 Å². The molecule has 4 nitrogen and oxygen atoms in total. The smallest absolute Gasteiger partial charge is 0.223 e. The molecule has 0 radical (unpaired) electrons. The number of nitrogens with two attached hydrogens (primary N) is 1. The summed E-state index contributed by atoms with van der Waals surface area (Å²) in [6, 6.07) is 8.27. The van der Waals surface area contributed by atoms with Gasteiger partial charge in [-0.1, -0.05) is 24.6 Å². The number of amides is 1. The number of benzene rings is 1. The third kappa shape index (κ3) is 2.81. The van der Waals surface area contributed by atoms with Crippen LogP contribution in [0.3, 0.4) is 0 Å². The summed E-state index contributed by atoms with van der Waals surface area (Å²) in [5.41, 5.74) is 6.92. The second-order valence-electron chi connectivity index (χ2n) is 7.83. The molecular formula is C20H28N2O2. The Bertz CT molecular complexity index is 609. The van der Waals surface area contributed by atoms with Crippen LogP contribution < -0.4 is 15.8 Å². The number of rotatable bonds is 3. The van der Waals surface area contributed by atoms with E-state index in [0.29, 0.717) is 12.5 Å². The van der Waals surface area contributed by atoms with Crippen LogP contribution in [-0.2, 0) is 4.79 Å². The minimum absolute atomic E-state index is 0.0691. The van der Waals surface area contributed by atoms with Crippen LogP contribution in [0.25, 0.3) is 0 Å². The predicted molar refractivity (Wildman–Crippen MR) is 93.7 cm³/mol. The molecule has 2 fully saturated rings. The van der Waals surface area contributed by atoms with Crippen LogP contribution in [0.5, 0.6) is 5.75 Å². The predicted octanol–water partition coefficient (Wildman–Crippen LogP) is 3.31. The molecule has 0 aromatic heterocycles. The number of hydrogen-bond donors (Lipinski definition) is 2. The summed E-state index contributed by atoms with van der Waals surface area (Å²) in [6.45, 7) is 0.617. The van der Waals surface area contributed by atoms with E-state index in [2.05, 4.69) is 11.4 Å². The largest absolute Gasteiger partial charge is 0.487 e. The van der Waals surface area contributed by atoms with E-state index in [1.165, 1.54) is 12.8 Å². The number of carbonyl (C=O) groups is 1. The highest BCUT2D eigenvalue weighted by Gasteiger charge is 2.44. The second kappa shape index (κ2) is 6.40. The Morgan fingerprint density at radius 3 is 2.79 bits per heavy atom. The molecule has 3 aliphatic rings. The van der Waals surface area contributed by atoms with Gasteiger partial charge in [0.1, 0.15) is 11.4 Å². The molecule has 4 rings (SSSR count). The summed E-state index contributed by atoms with van der Waals surface area (Å²) in [5, 5.41) is 3.36. The first kappa shape index (κ1) is 15.9. The zero-order chi connectivity index (χ0) is 16.6. The monoisotopic (exact) mass is 328 g/mol. The van der Waals surface area contributed by atoms with Crippen molar-refractivity contribution in [3.63, 3.8) is 0 Å². The Morgan fingerprint density at radius 2 is 2.00 bits per heavy atom. The topological polar surface area (TPSA) is 64.4 Å². The molecule has 2 aliphatic carbocycles. The summed E-state index contributed by atoms with van der Waals surface area (Å²) < 4.78 is 6.39. The van der Waals surface area contributed by atoms with Gasteiger partial charge >= 0.3 is 0 Å². The van der Waals surface area contributed by atoms with Crippen molar-refractivity contribution in [1.82, 2.24) is 5.32 Å². The molecule has 1 aromatic carbocycles. The molecular weight excluding hydrogens is 300 g/mol. The fraction of sp³-hybridized carbons (Fsp3) is 0.650. The first-order valence-electron chi connectivity index (χ1n) is 9.49. The normalized spacial score (nSPS) is 30.8. The summed E-state index contributed by atoms with van der Waals surface area (Å²) >= 11 is 0. The third-order valence-electron chi connectivity index (χ3n) is 6.33. The molecule has 1 spiro atoms. The van der Waals surface area contributed by atoms with Crippen molar-refractivity contribution in [3.05, 3.63) is 29.8 Å². The molecule has 4 heteroatoms. The quantitative estimate of drug-likeness (QED) is 0.894. The van der Waals surface area contributed by atoms with Gasteiger partial charge in [0.25, 0.3) is 0 Å². The SMILES string of the molecule is NC[C@H]1CCC[C@H]1C(=O)NC1CC2(CCCC2)Oc2ccccc21. The lowest BCUT2D eigenvalue weighted by molar-refractivity contribution is -0.127. The van der Waals surface area contributed by atoms with Crippen molar-refractivity contribution < 1.29 is 9.53 Å². The Balaban J connectivity index is 1.56. The van der Waals surface area contributed by atoms with Gasteiger partial charge in [0.15, 0.2) is 0 Å². The van der Waals surface area contributed by atoms with E-state index >= 15 is 0 Å². The molecule has 2 saturated carbocycles. The molecule has 0 bridgehead atoms. The Kier molecular flexibility index (Phi) is 4.25. The lowest BCUT2D eigenvalue weighted by atomic mass is 9.85. The average molecular weight is 328 g/mol. The maximum Gasteiger partial charge on any atom is 0.223 e. The maximum atomic E-state index is 12.9. The number of nitrogens with one attached hydrogen (secondary N) is 1. The number of carbonyl (C=O) groups excluding carboxylic acids is 1. The van der Waals surface area contributed by atoms with E-state index in [4.69, 9.17) is 10.5 Å². The Hall–Kier alpha value is -1.55. The summed E-state index contributed by atoms with van der Waals surface area (Å²) in [6.07, 6.45) is 8.73. The van der Waals surface area contributed by atoms with Crippen molar-refractivity contribution in [2.75, 3.05) is 6.54 Å². The van der Waals surface area contributed by atoms with Crippen LogP contribution >= 0.6 is 0 Å². The van der Waals surface area contributed by atoms with E-state index in [9.17, 15) is 4.79 Å². The summed E-state index contributed by atoms with van der Waals surface area (Å²) in [7, 11) is 0. The molecule has 1 aliphatic heterocycles. The molecule has 24 heavy (non-hydrogen) atoms. The molecule has 1 aromatic rings. The van der Waals surface area contributed by atoms with Crippen molar-refractivity contribution in [1.29, 1.82) is 0 Å². The van der Waals surface area contributed by atoms with Crippen molar-refractivity contribution in [2.24, 2.45) is 17.6 Å². The zero-order valence-electron chi connectivity index (χ0n) is 14.3. The van der Waals surface area contributed by atoms with Crippen LogP contribution in [0.2, 0.25) is 0 Å². The van der Waals surface area contributed by atoms with E-state index in [1.54, 1.807) is 0 Å². The zero-order valence-corrected chi connectivity index (χ0v) is 14.3. The Morgan fingerprint density at radius 1 is 1.21 bits per heavy atom.